The van der Waals surface area contributed by atoms with Crippen LogP contribution in [-0.4, -0.2) is 48.9 Å². The van der Waals surface area contributed by atoms with E-state index in [0.29, 0.717) is 23.8 Å². The predicted molar refractivity (Wildman–Crippen MR) is 104 cm³/mol. The molecule has 7 nitrogen and oxygen atoms in total. The van der Waals surface area contributed by atoms with E-state index in [1.165, 1.54) is 0 Å². The summed E-state index contributed by atoms with van der Waals surface area (Å²) in [6.45, 7) is 0.613. The Balaban J connectivity index is 1.75. The van der Waals surface area contributed by atoms with Crippen molar-refractivity contribution in [1.82, 2.24) is 9.88 Å². The summed E-state index contributed by atoms with van der Waals surface area (Å²) >= 11 is 3.29. The minimum Gasteiger partial charge on any atom is -0.495 e. The fraction of sp³-hybridized carbons (Fsp3) is 0.278. The molecule has 2 N–H and O–H groups in total. The number of likely N-dealkylation sites (N-methyl/N-ethyl adjacent to an activating group) is 1. The minimum absolute atomic E-state index is 0.142. The van der Waals surface area contributed by atoms with Crippen LogP contribution in [0, 0.1) is 0 Å². The number of amides is 2. The second kappa shape index (κ2) is 9.88. The Bertz CT molecular complexity index is 752. The molecule has 1 aromatic carbocycles. The van der Waals surface area contributed by atoms with E-state index in [-0.39, 0.29) is 24.8 Å². The quantitative estimate of drug-likeness (QED) is 0.685. The zero-order valence-corrected chi connectivity index (χ0v) is 16.2. The van der Waals surface area contributed by atoms with E-state index in [9.17, 15) is 9.59 Å². The Morgan fingerprint density at radius 3 is 2.62 bits per heavy atom. The largest absolute Gasteiger partial charge is 0.495 e. The van der Waals surface area contributed by atoms with Crippen LogP contribution in [0.1, 0.15) is 6.42 Å². The third kappa shape index (κ3) is 6.45. The first-order valence-corrected chi connectivity index (χ1v) is 8.80. The molecule has 8 heteroatoms. The number of carbonyl (C=O) groups excluding carboxylic acids is 2. The molecule has 0 aliphatic heterocycles. The molecule has 0 aliphatic rings. The van der Waals surface area contributed by atoms with Crippen LogP contribution in [0.3, 0.4) is 0 Å². The number of pyridine rings is 1. The lowest BCUT2D eigenvalue weighted by Gasteiger charge is -2.16. The van der Waals surface area contributed by atoms with Crippen molar-refractivity contribution in [2.75, 3.05) is 37.9 Å². The highest BCUT2D eigenvalue weighted by Gasteiger charge is 2.11. The summed E-state index contributed by atoms with van der Waals surface area (Å²) in [6.07, 6.45) is 1.87. The number of nitrogens with one attached hydrogen (secondary N) is 2. The second-order valence-electron chi connectivity index (χ2n) is 5.65. The molecule has 2 aromatic rings. The molecule has 2 amide bonds. The van der Waals surface area contributed by atoms with Gasteiger partial charge in [0.05, 0.1) is 19.3 Å². The molecule has 26 heavy (non-hydrogen) atoms. The summed E-state index contributed by atoms with van der Waals surface area (Å²) in [5.74, 6) is 0.764. The molecule has 0 unspecified atom stereocenters. The molecule has 0 fully saturated rings. The van der Waals surface area contributed by atoms with Gasteiger partial charge in [-0.2, -0.15) is 0 Å². The number of methoxy groups -OCH3 is 1. The molecule has 0 saturated heterocycles. The third-order valence-electron chi connectivity index (χ3n) is 3.51. The van der Waals surface area contributed by atoms with Crippen LogP contribution in [0.4, 0.5) is 11.5 Å². The monoisotopic (exact) mass is 420 g/mol. The zero-order valence-electron chi connectivity index (χ0n) is 14.7. The average molecular weight is 421 g/mol. The average Bonchev–Trinajstić information content (AvgIpc) is 2.62. The number of nitrogens with zero attached hydrogens (tertiary/aromatic N) is 2. The van der Waals surface area contributed by atoms with Gasteiger partial charge in [-0.1, -0.05) is 12.1 Å². The second-order valence-corrected chi connectivity index (χ2v) is 6.56. The van der Waals surface area contributed by atoms with E-state index in [1.807, 2.05) is 12.1 Å². The Morgan fingerprint density at radius 1 is 1.15 bits per heavy atom. The van der Waals surface area contributed by atoms with E-state index < -0.39 is 0 Å². The van der Waals surface area contributed by atoms with Gasteiger partial charge in [0, 0.05) is 23.6 Å². The molecular weight excluding hydrogens is 400 g/mol. The molecule has 0 spiro atoms. The van der Waals surface area contributed by atoms with Crippen LogP contribution in [0.15, 0.2) is 47.1 Å². The van der Waals surface area contributed by atoms with Gasteiger partial charge in [-0.25, -0.2) is 4.98 Å². The van der Waals surface area contributed by atoms with Gasteiger partial charge in [0.15, 0.2) is 0 Å². The van der Waals surface area contributed by atoms with Crippen molar-refractivity contribution in [1.29, 1.82) is 0 Å². The lowest BCUT2D eigenvalue weighted by Crippen LogP contribution is -2.32. The number of hydrogen-bond acceptors (Lipinski definition) is 5. The first-order valence-electron chi connectivity index (χ1n) is 8.00. The first-order chi connectivity index (χ1) is 12.5. The highest BCUT2D eigenvalue weighted by Crippen LogP contribution is 2.23. The van der Waals surface area contributed by atoms with E-state index >= 15 is 0 Å². The molecule has 0 atom stereocenters. The van der Waals surface area contributed by atoms with Crippen molar-refractivity contribution in [2.24, 2.45) is 0 Å². The molecule has 0 aliphatic carbocycles. The van der Waals surface area contributed by atoms with Crippen LogP contribution in [0.25, 0.3) is 0 Å². The smallest absolute Gasteiger partial charge is 0.239 e. The van der Waals surface area contributed by atoms with Crippen LogP contribution < -0.4 is 15.4 Å². The van der Waals surface area contributed by atoms with Crippen molar-refractivity contribution < 1.29 is 14.3 Å². The highest BCUT2D eigenvalue weighted by molar-refractivity contribution is 9.10. The summed E-state index contributed by atoms with van der Waals surface area (Å²) in [5, 5.41) is 5.52. The summed E-state index contributed by atoms with van der Waals surface area (Å²) < 4.78 is 6.04. The lowest BCUT2D eigenvalue weighted by atomic mass is 10.2. The third-order valence-corrected chi connectivity index (χ3v) is 3.98. The van der Waals surface area contributed by atoms with Gasteiger partial charge in [-0.3, -0.25) is 14.5 Å². The SMILES string of the molecule is COc1ccccc1NC(=O)CCN(C)CC(=O)Nc1ccc(Br)cn1. The molecule has 0 radical (unpaired) electrons. The number of carbonyl (C=O) groups is 2. The number of anilines is 2. The van der Waals surface area contributed by atoms with Crippen LogP contribution in [-0.2, 0) is 9.59 Å². The Kier molecular flexibility index (Phi) is 7.55. The predicted octanol–water partition coefficient (Wildman–Crippen LogP) is 2.75. The molecule has 138 valence electrons. The molecule has 0 saturated carbocycles. The van der Waals surface area contributed by atoms with Gasteiger partial charge in [0.2, 0.25) is 11.8 Å². The fourth-order valence-corrected chi connectivity index (χ4v) is 2.44. The van der Waals surface area contributed by atoms with Gasteiger partial charge in [-0.05, 0) is 47.2 Å². The Hall–Kier alpha value is -2.45. The summed E-state index contributed by atoms with van der Waals surface area (Å²) in [7, 11) is 3.34. The number of benzene rings is 1. The van der Waals surface area contributed by atoms with Crippen molar-refractivity contribution in [3.63, 3.8) is 0 Å². The molecular formula is C18H21BrN4O3. The molecule has 1 aromatic heterocycles. The molecule has 2 rings (SSSR count). The maximum atomic E-state index is 12.1. The normalized spacial score (nSPS) is 10.5. The van der Waals surface area contributed by atoms with E-state index in [4.69, 9.17) is 4.74 Å². The summed E-state index contributed by atoms with van der Waals surface area (Å²) in [5.41, 5.74) is 0.627. The highest BCUT2D eigenvalue weighted by atomic mass is 79.9. The maximum Gasteiger partial charge on any atom is 0.239 e. The molecule has 0 bridgehead atoms. The van der Waals surface area contributed by atoms with Gasteiger partial charge in [0.25, 0.3) is 0 Å². The van der Waals surface area contributed by atoms with Gasteiger partial charge in [0.1, 0.15) is 11.6 Å². The van der Waals surface area contributed by atoms with E-state index in [0.717, 1.165) is 4.47 Å². The summed E-state index contributed by atoms with van der Waals surface area (Å²) in [4.78, 5) is 30.0. The van der Waals surface area contributed by atoms with Crippen LogP contribution >= 0.6 is 15.9 Å². The first kappa shape index (κ1) is 19.9. The lowest BCUT2D eigenvalue weighted by molar-refractivity contribution is -0.119. The van der Waals surface area contributed by atoms with E-state index in [1.54, 1.807) is 49.5 Å². The van der Waals surface area contributed by atoms with Crippen molar-refractivity contribution in [2.45, 2.75) is 6.42 Å². The zero-order chi connectivity index (χ0) is 18.9. The number of rotatable bonds is 8. The number of aromatic nitrogens is 1. The topological polar surface area (TPSA) is 83.6 Å². The molecule has 1 heterocycles. The Labute approximate surface area is 160 Å². The van der Waals surface area contributed by atoms with Crippen LogP contribution in [0.2, 0.25) is 0 Å². The fourth-order valence-electron chi connectivity index (χ4n) is 2.21. The van der Waals surface area contributed by atoms with Gasteiger partial charge < -0.3 is 15.4 Å². The maximum absolute atomic E-state index is 12.1. The van der Waals surface area contributed by atoms with Crippen molar-refractivity contribution in [3.05, 3.63) is 47.1 Å². The number of hydrogen-bond donors (Lipinski definition) is 2. The summed E-state index contributed by atoms with van der Waals surface area (Å²) in [6, 6.07) is 10.7. The van der Waals surface area contributed by atoms with Gasteiger partial charge in [-0.15, -0.1) is 0 Å². The Morgan fingerprint density at radius 2 is 1.92 bits per heavy atom. The van der Waals surface area contributed by atoms with Crippen molar-refractivity contribution in [3.8, 4) is 5.75 Å². The standard InChI is InChI=1S/C18H21BrN4O3/c1-23(12-18(25)22-16-8-7-13(19)11-20-16)10-9-17(24)21-14-5-3-4-6-15(14)26-2/h3-8,11H,9-10,12H2,1-2H3,(H,21,24)(H,20,22,25). The number of halogens is 1. The van der Waals surface area contributed by atoms with Gasteiger partial charge >= 0.3 is 0 Å². The van der Waals surface area contributed by atoms with Crippen LogP contribution in [0.5, 0.6) is 5.75 Å². The number of para-hydroxylation sites is 2. The van der Waals surface area contributed by atoms with Crippen molar-refractivity contribution >= 4 is 39.2 Å². The van der Waals surface area contributed by atoms with E-state index in [2.05, 4.69) is 31.5 Å². The number of ether oxygens (including phenoxy) is 1. The minimum atomic E-state index is -0.188.